The maximum Gasteiger partial charge on any atom is 0.260 e. The number of nitrogens with zero attached hydrogens (tertiary/aromatic N) is 3. The smallest absolute Gasteiger partial charge is 0.221 e. The molecule has 0 saturated heterocycles. The van der Waals surface area contributed by atoms with Crippen LogP contribution in [0, 0.1) is 6.92 Å². The molecule has 20 heavy (non-hydrogen) atoms. The van der Waals surface area contributed by atoms with Gasteiger partial charge in [-0.25, -0.2) is 18.1 Å². The van der Waals surface area contributed by atoms with Crippen LogP contribution >= 0.6 is 11.3 Å². The van der Waals surface area contributed by atoms with Gasteiger partial charge in [0.2, 0.25) is 4.96 Å². The summed E-state index contributed by atoms with van der Waals surface area (Å²) in [6.07, 6.45) is 4.59. The van der Waals surface area contributed by atoms with Crippen molar-refractivity contribution in [2.75, 3.05) is 0 Å². The fourth-order valence-corrected chi connectivity index (χ4v) is 5.15. The van der Waals surface area contributed by atoms with Gasteiger partial charge in [-0.2, -0.15) is 9.61 Å². The molecule has 2 aromatic rings. The Morgan fingerprint density at radius 2 is 2.10 bits per heavy atom. The summed E-state index contributed by atoms with van der Waals surface area (Å²) in [5, 5.41) is 5.30. The molecule has 3 rings (SSSR count). The first-order valence-electron chi connectivity index (χ1n) is 6.88. The molecule has 110 valence electrons. The second kappa shape index (κ2) is 5.09. The van der Waals surface area contributed by atoms with Gasteiger partial charge in [-0.1, -0.05) is 31.1 Å². The van der Waals surface area contributed by atoms with E-state index in [1.807, 2.05) is 13.8 Å². The first-order valence-corrected chi connectivity index (χ1v) is 9.18. The molecule has 1 N–H and O–H groups in total. The summed E-state index contributed by atoms with van der Waals surface area (Å²) in [6.45, 7) is 3.76. The zero-order valence-electron chi connectivity index (χ0n) is 11.6. The minimum absolute atomic E-state index is 0.0509. The van der Waals surface area contributed by atoms with Crippen LogP contribution in [0.3, 0.4) is 0 Å². The molecule has 0 atom stereocenters. The van der Waals surface area contributed by atoms with Crippen LogP contribution in [0.15, 0.2) is 5.03 Å². The van der Waals surface area contributed by atoms with E-state index in [9.17, 15) is 8.42 Å². The zero-order chi connectivity index (χ0) is 14.3. The van der Waals surface area contributed by atoms with Gasteiger partial charge in [0.1, 0.15) is 5.01 Å². The van der Waals surface area contributed by atoms with Crippen LogP contribution in [0.5, 0.6) is 0 Å². The molecule has 0 amide bonds. The molecule has 0 unspecified atom stereocenters. The number of hydrogen-bond donors (Lipinski definition) is 1. The topological polar surface area (TPSA) is 76.4 Å². The number of aryl methyl sites for hydroxylation is 2. The highest BCUT2D eigenvalue weighted by atomic mass is 32.2. The Hall–Kier alpha value is -0.990. The Morgan fingerprint density at radius 3 is 2.75 bits per heavy atom. The number of aromatic nitrogens is 3. The number of hydrogen-bond acceptors (Lipinski definition) is 5. The van der Waals surface area contributed by atoms with Crippen molar-refractivity contribution in [2.24, 2.45) is 0 Å². The molecule has 8 heteroatoms. The second-order valence-electron chi connectivity index (χ2n) is 5.14. The lowest BCUT2D eigenvalue weighted by Gasteiger charge is -2.12. The lowest BCUT2D eigenvalue weighted by molar-refractivity contribution is 0.544. The van der Waals surface area contributed by atoms with E-state index in [0.717, 1.165) is 30.7 Å². The maximum atomic E-state index is 12.6. The summed E-state index contributed by atoms with van der Waals surface area (Å²) in [6, 6.07) is 0.0509. The van der Waals surface area contributed by atoms with E-state index in [1.54, 1.807) is 0 Å². The summed E-state index contributed by atoms with van der Waals surface area (Å²) in [7, 11) is -3.56. The third-order valence-corrected chi connectivity index (χ3v) is 5.98. The molecule has 1 saturated carbocycles. The third-order valence-electron chi connectivity index (χ3n) is 3.60. The van der Waals surface area contributed by atoms with Crippen LogP contribution < -0.4 is 4.72 Å². The average Bonchev–Trinajstić information content (AvgIpc) is 3.03. The Morgan fingerprint density at radius 1 is 1.40 bits per heavy atom. The van der Waals surface area contributed by atoms with E-state index < -0.39 is 10.0 Å². The van der Waals surface area contributed by atoms with Gasteiger partial charge in [0.05, 0.1) is 5.69 Å². The summed E-state index contributed by atoms with van der Waals surface area (Å²) >= 11 is 1.41. The highest BCUT2D eigenvalue weighted by molar-refractivity contribution is 7.89. The summed E-state index contributed by atoms with van der Waals surface area (Å²) in [4.78, 5) is 5.04. The van der Waals surface area contributed by atoms with Gasteiger partial charge >= 0.3 is 0 Å². The predicted molar refractivity (Wildman–Crippen MR) is 77.6 cm³/mol. The van der Waals surface area contributed by atoms with Gasteiger partial charge in [-0.3, -0.25) is 0 Å². The molecular formula is C12H18N4O2S2. The summed E-state index contributed by atoms with van der Waals surface area (Å²) < 4.78 is 29.6. The van der Waals surface area contributed by atoms with Gasteiger partial charge in [0.15, 0.2) is 5.03 Å². The fourth-order valence-electron chi connectivity index (χ4n) is 2.69. The van der Waals surface area contributed by atoms with E-state index in [1.165, 1.54) is 15.9 Å². The van der Waals surface area contributed by atoms with Gasteiger partial charge in [-0.05, 0) is 26.2 Å². The van der Waals surface area contributed by atoms with Crippen molar-refractivity contribution in [1.82, 2.24) is 19.3 Å². The average molecular weight is 314 g/mol. The van der Waals surface area contributed by atoms with Crippen LogP contribution in [0.4, 0.5) is 0 Å². The van der Waals surface area contributed by atoms with Crippen LogP contribution in [0.2, 0.25) is 0 Å². The molecule has 2 aromatic heterocycles. The summed E-state index contributed by atoms with van der Waals surface area (Å²) in [5.41, 5.74) is 0.592. The van der Waals surface area contributed by atoms with E-state index in [0.29, 0.717) is 17.1 Å². The monoisotopic (exact) mass is 314 g/mol. The van der Waals surface area contributed by atoms with Gasteiger partial charge in [-0.15, -0.1) is 0 Å². The lowest BCUT2D eigenvalue weighted by Crippen LogP contribution is -2.34. The lowest BCUT2D eigenvalue weighted by atomic mass is 10.3. The number of nitrogens with one attached hydrogen (secondary N) is 1. The minimum Gasteiger partial charge on any atom is -0.221 e. The normalized spacial score (nSPS) is 17.3. The van der Waals surface area contributed by atoms with Crippen LogP contribution in [0.1, 0.15) is 43.3 Å². The predicted octanol–water partition coefficient (Wildman–Crippen LogP) is 1.88. The molecule has 2 heterocycles. The second-order valence-corrected chi connectivity index (χ2v) is 7.92. The van der Waals surface area contributed by atoms with E-state index in [-0.39, 0.29) is 11.1 Å². The van der Waals surface area contributed by atoms with Crippen LogP contribution in [-0.4, -0.2) is 29.1 Å². The van der Waals surface area contributed by atoms with Crippen molar-refractivity contribution in [3.63, 3.8) is 0 Å². The highest BCUT2D eigenvalue weighted by Gasteiger charge is 2.29. The van der Waals surface area contributed by atoms with Crippen molar-refractivity contribution in [2.45, 2.75) is 57.0 Å². The quantitative estimate of drug-likeness (QED) is 0.935. The Bertz CT molecular complexity index is 726. The fraction of sp³-hybridized carbons (Fsp3) is 0.667. The number of fused-ring (bicyclic) bond motifs is 1. The Labute approximate surface area is 122 Å². The van der Waals surface area contributed by atoms with E-state index in [2.05, 4.69) is 14.8 Å². The molecule has 1 fully saturated rings. The number of sulfonamides is 1. The van der Waals surface area contributed by atoms with Crippen molar-refractivity contribution >= 4 is 26.3 Å². The zero-order valence-corrected chi connectivity index (χ0v) is 13.2. The first-order chi connectivity index (χ1) is 9.51. The van der Waals surface area contributed by atoms with Gasteiger partial charge in [0.25, 0.3) is 10.0 Å². The molecule has 0 bridgehead atoms. The van der Waals surface area contributed by atoms with Crippen LogP contribution in [-0.2, 0) is 16.4 Å². The van der Waals surface area contributed by atoms with Crippen molar-refractivity contribution < 1.29 is 8.42 Å². The van der Waals surface area contributed by atoms with E-state index >= 15 is 0 Å². The first kappa shape index (κ1) is 14.0. The maximum absolute atomic E-state index is 12.6. The molecular weight excluding hydrogens is 296 g/mol. The SMILES string of the molecule is CCc1nc2sc(C)nn2c1S(=O)(=O)NC1CCCC1. The Balaban J connectivity index is 2.06. The number of rotatable bonds is 4. The molecule has 0 radical (unpaired) electrons. The van der Waals surface area contributed by atoms with Crippen molar-refractivity contribution in [3.05, 3.63) is 10.7 Å². The molecule has 0 spiro atoms. The molecule has 0 aromatic carbocycles. The minimum atomic E-state index is -3.56. The van der Waals surface area contributed by atoms with Gasteiger partial charge < -0.3 is 0 Å². The third kappa shape index (κ3) is 2.36. The standard InChI is InChI=1S/C12H18N4O2S2/c1-3-10-11(16-12(13-10)19-8(2)14-16)20(17,18)15-9-6-4-5-7-9/h9,15H,3-7H2,1-2H3. The van der Waals surface area contributed by atoms with Gasteiger partial charge in [0, 0.05) is 6.04 Å². The highest BCUT2D eigenvalue weighted by Crippen LogP contribution is 2.25. The number of imidazole rings is 1. The van der Waals surface area contributed by atoms with Crippen LogP contribution in [0.25, 0.3) is 4.96 Å². The molecule has 6 nitrogen and oxygen atoms in total. The largest absolute Gasteiger partial charge is 0.260 e. The van der Waals surface area contributed by atoms with Crippen molar-refractivity contribution in [3.8, 4) is 0 Å². The molecule has 1 aliphatic rings. The summed E-state index contributed by atoms with van der Waals surface area (Å²) in [5.74, 6) is 0. The van der Waals surface area contributed by atoms with E-state index in [4.69, 9.17) is 0 Å². The molecule has 0 aliphatic heterocycles. The Kier molecular flexibility index (Phi) is 3.55. The molecule has 1 aliphatic carbocycles. The van der Waals surface area contributed by atoms with Crippen molar-refractivity contribution in [1.29, 1.82) is 0 Å².